The Labute approximate surface area is 84.5 Å². The topological polar surface area (TPSA) is 63.3 Å². The van der Waals surface area contributed by atoms with Crippen molar-refractivity contribution in [2.24, 2.45) is 5.73 Å². The lowest BCUT2D eigenvalue weighted by atomic mass is 10.2. The van der Waals surface area contributed by atoms with E-state index in [9.17, 15) is 4.79 Å². The van der Waals surface area contributed by atoms with Crippen molar-refractivity contribution in [2.45, 2.75) is 12.5 Å². The number of thioether (sulfide) groups is 1. The lowest BCUT2D eigenvalue weighted by Crippen LogP contribution is -2.30. The van der Waals surface area contributed by atoms with E-state index < -0.39 is 12.0 Å². The minimum absolute atomic E-state index is 0.500. The summed E-state index contributed by atoms with van der Waals surface area (Å²) in [5.41, 5.74) is 5.29. The van der Waals surface area contributed by atoms with E-state index in [0.717, 1.165) is 16.0 Å². The molecule has 1 atom stereocenters. The maximum Gasteiger partial charge on any atom is 0.320 e. The zero-order valence-electron chi connectivity index (χ0n) is 6.62. The number of carboxylic acid groups (broad SMARTS) is 1. The molecule has 0 amide bonds. The molecule has 0 aliphatic carbocycles. The Morgan fingerprint density at radius 2 is 2.33 bits per heavy atom. The van der Waals surface area contributed by atoms with E-state index in [2.05, 4.69) is 22.5 Å². The van der Waals surface area contributed by atoms with Gasteiger partial charge in [0.25, 0.3) is 0 Å². The molecule has 0 aromatic heterocycles. The number of halogens is 1. The minimum Gasteiger partial charge on any atom is -0.480 e. The van der Waals surface area contributed by atoms with Gasteiger partial charge in [-0.05, 0) is 16.7 Å². The van der Waals surface area contributed by atoms with Crippen molar-refractivity contribution in [1.29, 1.82) is 0 Å². The number of rotatable bonds is 6. The summed E-state index contributed by atoms with van der Waals surface area (Å²) in [5.74, 6) is 0.609. The fourth-order valence-electron chi connectivity index (χ4n) is 0.517. The summed E-state index contributed by atoms with van der Waals surface area (Å²) in [6, 6.07) is -0.735. The van der Waals surface area contributed by atoms with Crippen LogP contribution >= 0.6 is 27.7 Å². The smallest absolute Gasteiger partial charge is 0.320 e. The summed E-state index contributed by atoms with van der Waals surface area (Å²) in [5, 5.41) is 8.43. The van der Waals surface area contributed by atoms with Crippen molar-refractivity contribution in [3.05, 3.63) is 11.1 Å². The summed E-state index contributed by atoms with van der Waals surface area (Å²) in [6.45, 7) is 3.66. The van der Waals surface area contributed by atoms with E-state index >= 15 is 0 Å². The van der Waals surface area contributed by atoms with Crippen LogP contribution in [0, 0.1) is 0 Å². The van der Waals surface area contributed by atoms with Crippen LogP contribution < -0.4 is 5.73 Å². The van der Waals surface area contributed by atoms with Crippen molar-refractivity contribution in [2.75, 3.05) is 11.5 Å². The molecule has 1 unspecified atom stereocenters. The summed E-state index contributed by atoms with van der Waals surface area (Å²) in [4.78, 5) is 10.3. The maximum absolute atomic E-state index is 10.3. The Balaban J connectivity index is 3.31. The quantitative estimate of drug-likeness (QED) is 0.704. The second-order valence-corrected chi connectivity index (χ2v) is 4.53. The molecule has 0 saturated carbocycles. The van der Waals surface area contributed by atoms with E-state index in [1.165, 1.54) is 0 Å². The maximum atomic E-state index is 10.3. The third kappa shape index (κ3) is 6.69. The highest BCUT2D eigenvalue weighted by atomic mass is 79.9. The first-order valence-electron chi connectivity index (χ1n) is 3.43. The van der Waals surface area contributed by atoms with Crippen molar-refractivity contribution in [1.82, 2.24) is 0 Å². The molecule has 12 heavy (non-hydrogen) atoms. The van der Waals surface area contributed by atoms with Gasteiger partial charge in [-0.3, -0.25) is 4.79 Å². The summed E-state index contributed by atoms with van der Waals surface area (Å²) in [6.07, 6.45) is 0.500. The molecule has 0 radical (unpaired) electrons. The molecule has 0 aromatic rings. The van der Waals surface area contributed by atoms with Gasteiger partial charge in [-0.1, -0.05) is 22.5 Å². The number of nitrogens with two attached hydrogens (primary N) is 1. The average Bonchev–Trinajstić information content (AvgIpc) is 1.97. The van der Waals surface area contributed by atoms with E-state index in [-0.39, 0.29) is 0 Å². The summed E-state index contributed by atoms with van der Waals surface area (Å²) >= 11 is 4.83. The molecule has 0 aliphatic heterocycles. The van der Waals surface area contributed by atoms with Crippen LogP contribution in [0.15, 0.2) is 11.1 Å². The summed E-state index contributed by atoms with van der Waals surface area (Å²) in [7, 11) is 0. The van der Waals surface area contributed by atoms with Gasteiger partial charge in [-0.25, -0.2) is 0 Å². The Morgan fingerprint density at radius 3 is 2.75 bits per heavy atom. The Kier molecular flexibility index (Phi) is 6.51. The third-order valence-electron chi connectivity index (χ3n) is 1.15. The number of hydrogen-bond acceptors (Lipinski definition) is 3. The number of carboxylic acids is 1. The van der Waals surface area contributed by atoms with Crippen molar-refractivity contribution >= 4 is 33.7 Å². The molecule has 0 rings (SSSR count). The normalized spacial score (nSPS) is 12.5. The van der Waals surface area contributed by atoms with Gasteiger partial charge in [0, 0.05) is 5.75 Å². The van der Waals surface area contributed by atoms with Gasteiger partial charge in [0.1, 0.15) is 6.04 Å². The van der Waals surface area contributed by atoms with Crippen LogP contribution in [0.1, 0.15) is 6.42 Å². The lowest BCUT2D eigenvalue weighted by molar-refractivity contribution is -0.138. The molecule has 0 spiro atoms. The van der Waals surface area contributed by atoms with E-state index in [0.29, 0.717) is 6.42 Å². The Morgan fingerprint density at radius 1 is 1.75 bits per heavy atom. The second kappa shape index (κ2) is 6.51. The van der Waals surface area contributed by atoms with Crippen molar-refractivity contribution in [3.8, 4) is 0 Å². The average molecular weight is 254 g/mol. The molecule has 70 valence electrons. The number of hydrogen-bond donors (Lipinski definition) is 2. The fraction of sp³-hybridized carbons (Fsp3) is 0.571. The molecule has 0 saturated heterocycles. The molecule has 0 fully saturated rings. The molecule has 0 aromatic carbocycles. The van der Waals surface area contributed by atoms with Gasteiger partial charge in [-0.2, -0.15) is 11.8 Å². The predicted octanol–water partition coefficient (Wildman–Crippen LogP) is 1.43. The van der Waals surface area contributed by atoms with Gasteiger partial charge in [0.2, 0.25) is 0 Å². The van der Waals surface area contributed by atoms with Gasteiger partial charge in [-0.15, -0.1) is 0 Å². The largest absolute Gasteiger partial charge is 0.480 e. The van der Waals surface area contributed by atoms with Crippen LogP contribution in [0.3, 0.4) is 0 Å². The van der Waals surface area contributed by atoms with Gasteiger partial charge < -0.3 is 10.8 Å². The standard InChI is InChI=1S/C7H12BrNO2S/c1-5(8)4-12-3-2-6(9)7(10)11/h6H,1-4,9H2,(H,10,11). The summed E-state index contributed by atoms with van der Waals surface area (Å²) < 4.78 is 0.913. The minimum atomic E-state index is -0.937. The molecule has 5 heteroatoms. The first-order chi connectivity index (χ1) is 5.54. The van der Waals surface area contributed by atoms with Crippen LogP contribution in [0.5, 0.6) is 0 Å². The van der Waals surface area contributed by atoms with Gasteiger partial charge in [0.15, 0.2) is 0 Å². The lowest BCUT2D eigenvalue weighted by Gasteiger charge is -2.04. The highest BCUT2D eigenvalue weighted by molar-refractivity contribution is 9.11. The third-order valence-corrected chi connectivity index (χ3v) is 2.88. The van der Waals surface area contributed by atoms with E-state index in [1.807, 2.05) is 0 Å². The second-order valence-electron chi connectivity index (χ2n) is 2.30. The molecule has 0 heterocycles. The molecule has 0 aliphatic rings. The van der Waals surface area contributed by atoms with Gasteiger partial charge >= 0.3 is 5.97 Å². The van der Waals surface area contributed by atoms with E-state index in [1.54, 1.807) is 11.8 Å². The van der Waals surface area contributed by atoms with Crippen LogP contribution in [-0.2, 0) is 4.79 Å². The monoisotopic (exact) mass is 253 g/mol. The van der Waals surface area contributed by atoms with Crippen molar-refractivity contribution < 1.29 is 9.90 Å². The molecular weight excluding hydrogens is 242 g/mol. The molecule has 3 nitrogen and oxygen atoms in total. The molecule has 3 N–H and O–H groups in total. The fourth-order valence-corrected chi connectivity index (χ4v) is 1.79. The van der Waals surface area contributed by atoms with Gasteiger partial charge in [0.05, 0.1) is 0 Å². The first-order valence-corrected chi connectivity index (χ1v) is 5.38. The Bertz CT molecular complexity index is 175. The van der Waals surface area contributed by atoms with E-state index in [4.69, 9.17) is 10.8 Å². The highest BCUT2D eigenvalue weighted by Crippen LogP contribution is 2.12. The zero-order chi connectivity index (χ0) is 9.56. The Hall–Kier alpha value is -0.000000000000000111. The molecular formula is C7H12BrNO2S. The highest BCUT2D eigenvalue weighted by Gasteiger charge is 2.09. The molecule has 0 bridgehead atoms. The van der Waals surface area contributed by atoms with Crippen molar-refractivity contribution in [3.63, 3.8) is 0 Å². The van der Waals surface area contributed by atoms with Crippen LogP contribution in [0.2, 0.25) is 0 Å². The number of aliphatic carboxylic acids is 1. The SMILES string of the molecule is C=C(Br)CSCCC(N)C(=O)O. The first kappa shape index (κ1) is 12.0. The van der Waals surface area contributed by atoms with Crippen LogP contribution in [-0.4, -0.2) is 28.6 Å². The predicted molar refractivity (Wildman–Crippen MR) is 55.6 cm³/mol. The number of carbonyl (C=O) groups is 1. The zero-order valence-corrected chi connectivity index (χ0v) is 9.03. The van der Waals surface area contributed by atoms with Crippen LogP contribution in [0.4, 0.5) is 0 Å². The van der Waals surface area contributed by atoms with Crippen LogP contribution in [0.25, 0.3) is 0 Å².